The first-order valence-corrected chi connectivity index (χ1v) is 18.0. The molecule has 5 aromatic heterocycles. The quantitative estimate of drug-likeness (QED) is 0.214. The minimum atomic E-state index is 0.0566. The van der Waals surface area contributed by atoms with Crippen molar-refractivity contribution in [2.75, 3.05) is 33.5 Å². The Balaban J connectivity index is 0.000000161. The number of thiophene rings is 2. The second kappa shape index (κ2) is 13.0. The van der Waals surface area contributed by atoms with E-state index in [1.165, 1.54) is 38.7 Å². The molecule has 242 valence electrons. The van der Waals surface area contributed by atoms with E-state index in [-0.39, 0.29) is 23.7 Å². The van der Waals surface area contributed by atoms with E-state index >= 15 is 0 Å². The number of nitrogens with one attached hydrogen (secondary N) is 1. The lowest BCUT2D eigenvalue weighted by Crippen LogP contribution is -2.32. The van der Waals surface area contributed by atoms with E-state index in [4.69, 9.17) is 11.6 Å². The van der Waals surface area contributed by atoms with Gasteiger partial charge in [-0.25, -0.2) is 19.9 Å². The highest BCUT2D eigenvalue weighted by Gasteiger charge is 2.31. The number of carbonyl (C=O) groups is 2. The number of anilines is 2. The largest absolute Gasteiger partial charge is 0.349 e. The molecule has 0 spiro atoms. The Kier molecular flexibility index (Phi) is 8.76. The molecule has 0 unspecified atom stereocenters. The number of amides is 2. The summed E-state index contributed by atoms with van der Waals surface area (Å²) in [5.41, 5.74) is 4.38. The summed E-state index contributed by atoms with van der Waals surface area (Å²) in [6, 6.07) is 5.99. The summed E-state index contributed by atoms with van der Waals surface area (Å²) in [4.78, 5) is 49.6. The Labute approximate surface area is 288 Å². The van der Waals surface area contributed by atoms with E-state index in [2.05, 4.69) is 34.8 Å². The highest BCUT2D eigenvalue weighted by molar-refractivity contribution is 7.19. The van der Waals surface area contributed by atoms with Crippen molar-refractivity contribution in [3.63, 3.8) is 0 Å². The molecule has 2 aliphatic carbocycles. The van der Waals surface area contributed by atoms with Gasteiger partial charge in [0.1, 0.15) is 38.8 Å². The van der Waals surface area contributed by atoms with E-state index < -0.39 is 0 Å². The maximum absolute atomic E-state index is 12.4. The molecule has 2 aliphatic rings. The number of nitrogens with zero attached hydrogens (tertiary/aromatic N) is 8. The van der Waals surface area contributed by atoms with Gasteiger partial charge in [-0.05, 0) is 79.4 Å². The van der Waals surface area contributed by atoms with Gasteiger partial charge in [-0.15, -0.1) is 27.8 Å². The zero-order valence-electron chi connectivity index (χ0n) is 26.3. The van der Waals surface area contributed by atoms with Crippen molar-refractivity contribution in [1.82, 2.24) is 39.3 Å². The van der Waals surface area contributed by atoms with Crippen LogP contribution in [-0.4, -0.2) is 79.3 Å². The lowest BCUT2D eigenvalue weighted by molar-refractivity contribution is -0.134. The first-order chi connectivity index (χ1) is 22.7. The fourth-order valence-corrected chi connectivity index (χ4v) is 9.86. The fourth-order valence-electron chi connectivity index (χ4n) is 6.42. The Bertz CT molecular complexity index is 2140. The summed E-state index contributed by atoms with van der Waals surface area (Å²) in [5, 5.41) is 10.1. The number of carbonyl (C=O) groups excluding carboxylic acids is 2. The summed E-state index contributed by atoms with van der Waals surface area (Å²) in [6.45, 7) is 0. The summed E-state index contributed by atoms with van der Waals surface area (Å²) >= 11 is 10.9. The molecule has 1 N–H and O–H groups in total. The molecule has 2 atom stereocenters. The molecule has 11 nitrogen and oxygen atoms in total. The van der Waals surface area contributed by atoms with Crippen molar-refractivity contribution in [2.45, 2.75) is 38.5 Å². The smallest absolute Gasteiger partial charge is 0.225 e. The Morgan fingerprint density at radius 3 is 2.06 bits per heavy atom. The minimum Gasteiger partial charge on any atom is -0.349 e. The van der Waals surface area contributed by atoms with Crippen LogP contribution in [0.2, 0.25) is 5.15 Å². The lowest BCUT2D eigenvalue weighted by Gasteiger charge is -2.24. The molecule has 0 aliphatic heterocycles. The van der Waals surface area contributed by atoms with Crippen molar-refractivity contribution in [1.29, 1.82) is 0 Å². The molecule has 5 heterocycles. The van der Waals surface area contributed by atoms with Crippen LogP contribution in [-0.2, 0) is 35.3 Å². The molecule has 47 heavy (non-hydrogen) atoms. The monoisotopic (exact) mass is 705 g/mol. The van der Waals surface area contributed by atoms with E-state index in [1.807, 2.05) is 46.4 Å². The van der Waals surface area contributed by atoms with Gasteiger partial charge in [-0.3, -0.25) is 9.59 Å². The van der Waals surface area contributed by atoms with Crippen LogP contribution >= 0.6 is 45.8 Å². The molecule has 6 aromatic rings. The summed E-state index contributed by atoms with van der Waals surface area (Å²) < 4.78 is 5.03. The molecule has 0 radical (unpaired) electrons. The first kappa shape index (κ1) is 31.7. The van der Waals surface area contributed by atoms with Gasteiger partial charge in [0.05, 0.1) is 15.5 Å². The van der Waals surface area contributed by atoms with Gasteiger partial charge in [0.2, 0.25) is 11.8 Å². The number of aromatic nitrogens is 6. The van der Waals surface area contributed by atoms with Crippen molar-refractivity contribution in [3.8, 4) is 0 Å². The van der Waals surface area contributed by atoms with Gasteiger partial charge < -0.3 is 15.1 Å². The second-order valence-electron chi connectivity index (χ2n) is 12.2. The van der Waals surface area contributed by atoms with E-state index in [0.717, 1.165) is 80.7 Å². The van der Waals surface area contributed by atoms with Crippen molar-refractivity contribution < 1.29 is 9.59 Å². The summed E-state index contributed by atoms with van der Waals surface area (Å²) in [7, 11) is 7.27. The normalized spacial score (nSPS) is 17.1. The zero-order chi connectivity index (χ0) is 32.8. The van der Waals surface area contributed by atoms with Crippen LogP contribution in [0.25, 0.3) is 30.6 Å². The molecular formula is C32H32ClN9O2S3. The number of fused-ring (bicyclic) bond motifs is 7. The number of aryl methyl sites for hydroxylation is 2. The molecular weight excluding hydrogens is 674 g/mol. The average molecular weight is 706 g/mol. The maximum atomic E-state index is 12.4. The number of hydrogen-bond donors (Lipinski definition) is 1. The second-order valence-corrected chi connectivity index (χ2v) is 15.5. The fraction of sp³-hybridized carbons (Fsp3) is 0.375. The summed E-state index contributed by atoms with van der Waals surface area (Å²) in [5.74, 6) is 1.37. The maximum Gasteiger partial charge on any atom is 0.225 e. The SMILES string of the molecule is CN(C)C(=O)[C@H]1CCc2c(sc3ncnc(Cl)c23)C1.CN(C)C(=O)[C@H]1CCc2c(sc3ncnc(Nc4ccc5nnsc5c4)c23)C1. The van der Waals surface area contributed by atoms with Gasteiger partial charge in [-0.2, -0.15) is 0 Å². The van der Waals surface area contributed by atoms with Crippen LogP contribution in [0, 0.1) is 11.8 Å². The van der Waals surface area contributed by atoms with Crippen molar-refractivity contribution >= 4 is 99.8 Å². The first-order valence-electron chi connectivity index (χ1n) is 15.2. The molecule has 8 rings (SSSR count). The van der Waals surface area contributed by atoms with Gasteiger partial charge in [-0.1, -0.05) is 16.1 Å². The molecule has 0 bridgehead atoms. The van der Waals surface area contributed by atoms with Crippen molar-refractivity contribution in [2.24, 2.45) is 11.8 Å². The van der Waals surface area contributed by atoms with Crippen LogP contribution in [0.5, 0.6) is 0 Å². The van der Waals surface area contributed by atoms with E-state index in [0.29, 0.717) is 5.15 Å². The molecule has 0 saturated heterocycles. The highest BCUT2D eigenvalue weighted by atomic mass is 35.5. The summed E-state index contributed by atoms with van der Waals surface area (Å²) in [6.07, 6.45) is 8.17. The lowest BCUT2D eigenvalue weighted by atomic mass is 9.87. The average Bonchev–Trinajstić information content (AvgIpc) is 3.79. The number of hydrogen-bond acceptors (Lipinski definition) is 12. The van der Waals surface area contributed by atoms with Crippen LogP contribution in [0.3, 0.4) is 0 Å². The zero-order valence-corrected chi connectivity index (χ0v) is 29.5. The van der Waals surface area contributed by atoms with E-state index in [9.17, 15) is 9.59 Å². The van der Waals surface area contributed by atoms with Crippen LogP contribution in [0.15, 0.2) is 30.9 Å². The standard InChI is InChI=1S/C19H18N6OS2.C13H14ClN3OS/c1-25(2)19(26)10-3-5-12-14(7-10)27-18-16(12)17(20-9-21-18)22-11-4-6-13-15(8-11)28-24-23-13;1-17(2)13(18)7-3-4-8-9(5-7)19-12-10(8)11(14)15-6-16-12/h4,6,8-10H,3,5,7H2,1-2H3,(H,20,21,22);6-7H,3-5H2,1-2H3/t10-;7-/m00/s1. The third-order valence-electron chi connectivity index (χ3n) is 8.73. The predicted molar refractivity (Wildman–Crippen MR) is 189 cm³/mol. The van der Waals surface area contributed by atoms with Gasteiger partial charge >= 0.3 is 0 Å². The highest BCUT2D eigenvalue weighted by Crippen LogP contribution is 2.42. The van der Waals surface area contributed by atoms with Crippen LogP contribution in [0.4, 0.5) is 11.5 Å². The molecule has 0 saturated carbocycles. The van der Waals surface area contributed by atoms with Gasteiger partial charge in [0.25, 0.3) is 0 Å². The molecule has 15 heteroatoms. The molecule has 2 amide bonds. The van der Waals surface area contributed by atoms with Gasteiger partial charge in [0.15, 0.2) is 0 Å². The molecule has 0 fully saturated rings. The van der Waals surface area contributed by atoms with Gasteiger partial charge in [0, 0.05) is 55.5 Å². The van der Waals surface area contributed by atoms with E-state index in [1.54, 1.807) is 38.8 Å². The van der Waals surface area contributed by atoms with Crippen molar-refractivity contribution in [3.05, 3.63) is 56.9 Å². The third-order valence-corrected chi connectivity index (χ3v) is 12.0. The topological polar surface area (TPSA) is 130 Å². The van der Waals surface area contributed by atoms with Crippen LogP contribution in [0.1, 0.15) is 33.7 Å². The Morgan fingerprint density at radius 2 is 1.43 bits per heavy atom. The third kappa shape index (κ3) is 6.15. The van der Waals surface area contributed by atoms with Crippen LogP contribution < -0.4 is 5.32 Å². The molecule has 1 aromatic carbocycles. The Hall–Kier alpha value is -3.85. The Morgan fingerprint density at radius 1 is 0.830 bits per heavy atom. The minimum absolute atomic E-state index is 0.0566. The number of benzene rings is 1. The number of halogens is 1. The number of rotatable bonds is 4. The predicted octanol–water partition coefficient (Wildman–Crippen LogP) is 6.17.